The molecule has 1 aliphatic carbocycles. The fourth-order valence-corrected chi connectivity index (χ4v) is 1.06. The molecule has 1 saturated carbocycles. The number of hydrogen-bond acceptors (Lipinski definition) is 5. The first-order valence-electron chi connectivity index (χ1n) is 4.72. The second-order valence-electron chi connectivity index (χ2n) is 3.48. The molecule has 1 aromatic heterocycles. The van der Waals surface area contributed by atoms with Crippen molar-refractivity contribution in [2.75, 3.05) is 6.61 Å². The van der Waals surface area contributed by atoms with Crippen molar-refractivity contribution in [3.8, 4) is 5.88 Å². The topological polar surface area (TPSA) is 93.6 Å². The summed E-state index contributed by atoms with van der Waals surface area (Å²) >= 11 is 0. The first kappa shape index (κ1) is 9.70. The molecule has 3 N–H and O–H groups in total. The van der Waals surface area contributed by atoms with Crippen LogP contribution in [0.15, 0.2) is 17.5 Å². The first-order chi connectivity index (χ1) is 7.29. The van der Waals surface area contributed by atoms with Gasteiger partial charge in [0.15, 0.2) is 5.84 Å². The lowest BCUT2D eigenvalue weighted by Crippen LogP contribution is -2.15. The van der Waals surface area contributed by atoms with Gasteiger partial charge in [0.05, 0.1) is 19.0 Å². The molecule has 0 radical (unpaired) electrons. The zero-order chi connectivity index (χ0) is 10.7. The normalized spacial score (nSPS) is 16.4. The van der Waals surface area contributed by atoms with Gasteiger partial charge in [-0.15, -0.1) is 0 Å². The number of amidine groups is 1. The Hall–Kier alpha value is -1.85. The van der Waals surface area contributed by atoms with Crippen LogP contribution in [0, 0.1) is 5.92 Å². The summed E-state index contributed by atoms with van der Waals surface area (Å²) in [5, 5.41) is 11.2. The van der Waals surface area contributed by atoms with Crippen molar-refractivity contribution < 1.29 is 9.94 Å². The molecule has 0 aromatic carbocycles. The molecule has 0 bridgehead atoms. The summed E-state index contributed by atoms with van der Waals surface area (Å²) in [6.07, 6.45) is 5.35. The summed E-state index contributed by atoms with van der Waals surface area (Å²) in [5.41, 5.74) is 5.66. The van der Waals surface area contributed by atoms with Crippen LogP contribution in [0.25, 0.3) is 0 Å². The van der Waals surface area contributed by atoms with Gasteiger partial charge in [0, 0.05) is 0 Å². The van der Waals surface area contributed by atoms with Crippen molar-refractivity contribution in [2.45, 2.75) is 12.8 Å². The number of nitrogens with zero attached hydrogens (tertiary/aromatic N) is 3. The molecule has 0 atom stereocenters. The van der Waals surface area contributed by atoms with Gasteiger partial charge in [-0.3, -0.25) is 0 Å². The second-order valence-corrected chi connectivity index (χ2v) is 3.48. The summed E-state index contributed by atoms with van der Waals surface area (Å²) in [6.45, 7) is 0.692. The summed E-state index contributed by atoms with van der Waals surface area (Å²) in [6, 6.07) is 0. The fraction of sp³-hybridized carbons (Fsp3) is 0.444. The smallest absolute Gasteiger partial charge is 0.232 e. The van der Waals surface area contributed by atoms with Crippen LogP contribution in [0.4, 0.5) is 0 Å². The monoisotopic (exact) mass is 208 g/mol. The second kappa shape index (κ2) is 4.12. The van der Waals surface area contributed by atoms with E-state index < -0.39 is 0 Å². The number of oxime groups is 1. The summed E-state index contributed by atoms with van der Waals surface area (Å²) in [4.78, 5) is 7.94. The molecule has 1 aliphatic rings. The Balaban J connectivity index is 1.96. The third-order valence-corrected chi connectivity index (χ3v) is 2.16. The molecule has 6 heteroatoms. The van der Waals surface area contributed by atoms with Crippen LogP contribution in [-0.4, -0.2) is 27.6 Å². The van der Waals surface area contributed by atoms with Crippen LogP contribution in [-0.2, 0) is 0 Å². The van der Waals surface area contributed by atoms with Gasteiger partial charge in [0.1, 0.15) is 5.69 Å². The van der Waals surface area contributed by atoms with Gasteiger partial charge < -0.3 is 15.7 Å². The Morgan fingerprint density at radius 3 is 2.87 bits per heavy atom. The third kappa shape index (κ3) is 2.55. The molecule has 1 fully saturated rings. The van der Waals surface area contributed by atoms with E-state index in [2.05, 4.69) is 15.1 Å². The Morgan fingerprint density at radius 2 is 2.33 bits per heavy atom. The van der Waals surface area contributed by atoms with E-state index >= 15 is 0 Å². The van der Waals surface area contributed by atoms with Gasteiger partial charge >= 0.3 is 0 Å². The molecule has 15 heavy (non-hydrogen) atoms. The average molecular weight is 208 g/mol. The summed E-state index contributed by atoms with van der Waals surface area (Å²) < 4.78 is 5.38. The molecule has 0 unspecified atom stereocenters. The third-order valence-electron chi connectivity index (χ3n) is 2.16. The average Bonchev–Trinajstić information content (AvgIpc) is 3.10. The maximum atomic E-state index is 8.41. The minimum atomic E-state index is -0.0590. The zero-order valence-electron chi connectivity index (χ0n) is 8.13. The quantitative estimate of drug-likeness (QED) is 0.322. The SMILES string of the molecule is NC(=NO)c1cnc(OCC2CC2)cn1. The highest BCUT2D eigenvalue weighted by molar-refractivity contribution is 5.94. The Labute approximate surface area is 86.8 Å². The Bertz CT molecular complexity index is 359. The molecule has 80 valence electrons. The fourth-order valence-electron chi connectivity index (χ4n) is 1.06. The van der Waals surface area contributed by atoms with Crippen LogP contribution in [0.2, 0.25) is 0 Å². The van der Waals surface area contributed by atoms with Gasteiger partial charge in [-0.2, -0.15) is 0 Å². The maximum Gasteiger partial charge on any atom is 0.232 e. The lowest BCUT2D eigenvalue weighted by molar-refractivity contribution is 0.287. The maximum absolute atomic E-state index is 8.41. The van der Waals surface area contributed by atoms with Crippen LogP contribution in [0.5, 0.6) is 5.88 Å². The van der Waals surface area contributed by atoms with Gasteiger partial charge in [0.25, 0.3) is 0 Å². The standard InChI is InChI=1S/C9H12N4O2/c10-9(13-14)7-3-12-8(4-11-7)15-5-6-1-2-6/h3-4,6,14H,1-2,5H2,(H2,10,13). The van der Waals surface area contributed by atoms with Crippen molar-refractivity contribution in [3.63, 3.8) is 0 Å². The molecule has 0 spiro atoms. The number of nitrogens with two attached hydrogens (primary N) is 1. The molecule has 1 aromatic rings. The van der Waals surface area contributed by atoms with E-state index in [9.17, 15) is 0 Å². The largest absolute Gasteiger partial charge is 0.476 e. The van der Waals surface area contributed by atoms with Crippen LogP contribution < -0.4 is 10.5 Å². The molecule has 0 aliphatic heterocycles. The number of rotatable bonds is 4. The number of aromatic nitrogens is 2. The van der Waals surface area contributed by atoms with Crippen LogP contribution in [0.3, 0.4) is 0 Å². The van der Waals surface area contributed by atoms with Crippen molar-refractivity contribution in [1.29, 1.82) is 0 Å². The van der Waals surface area contributed by atoms with Gasteiger partial charge in [-0.05, 0) is 18.8 Å². The molecule has 6 nitrogen and oxygen atoms in total. The van der Waals surface area contributed by atoms with Crippen molar-refractivity contribution in [1.82, 2.24) is 9.97 Å². The molecule has 0 amide bonds. The zero-order valence-corrected chi connectivity index (χ0v) is 8.13. The Kier molecular flexibility index (Phi) is 2.66. The highest BCUT2D eigenvalue weighted by Gasteiger charge is 2.22. The predicted octanol–water partition coefficient (Wildman–Crippen LogP) is 0.360. The molecule has 1 heterocycles. The Morgan fingerprint density at radius 1 is 1.53 bits per heavy atom. The molecular weight excluding hydrogens is 196 g/mol. The van der Waals surface area contributed by atoms with E-state index in [0.717, 1.165) is 0 Å². The van der Waals surface area contributed by atoms with E-state index in [1.54, 1.807) is 0 Å². The lowest BCUT2D eigenvalue weighted by Gasteiger charge is -2.03. The number of hydrogen-bond donors (Lipinski definition) is 2. The summed E-state index contributed by atoms with van der Waals surface area (Å²) in [5.74, 6) is 1.09. The molecular formula is C9H12N4O2. The lowest BCUT2D eigenvalue weighted by atomic mass is 10.4. The van der Waals surface area contributed by atoms with Crippen LogP contribution >= 0.6 is 0 Å². The van der Waals surface area contributed by atoms with E-state index in [-0.39, 0.29) is 5.84 Å². The van der Waals surface area contributed by atoms with Gasteiger partial charge in [0.2, 0.25) is 5.88 Å². The highest BCUT2D eigenvalue weighted by Crippen LogP contribution is 2.28. The first-order valence-corrected chi connectivity index (χ1v) is 4.72. The van der Waals surface area contributed by atoms with E-state index in [1.807, 2.05) is 0 Å². The van der Waals surface area contributed by atoms with Gasteiger partial charge in [-0.25, -0.2) is 9.97 Å². The van der Waals surface area contributed by atoms with Gasteiger partial charge in [-0.1, -0.05) is 5.16 Å². The minimum absolute atomic E-state index is 0.0590. The van der Waals surface area contributed by atoms with Crippen LogP contribution in [0.1, 0.15) is 18.5 Å². The molecule has 0 saturated heterocycles. The highest BCUT2D eigenvalue weighted by atomic mass is 16.5. The molecule has 2 rings (SSSR count). The minimum Gasteiger partial charge on any atom is -0.476 e. The van der Waals surface area contributed by atoms with Crippen molar-refractivity contribution in [2.24, 2.45) is 16.8 Å². The number of ether oxygens (including phenoxy) is 1. The van der Waals surface area contributed by atoms with Crippen molar-refractivity contribution in [3.05, 3.63) is 18.1 Å². The predicted molar refractivity (Wildman–Crippen MR) is 52.8 cm³/mol. The van der Waals surface area contributed by atoms with E-state index in [0.29, 0.717) is 24.1 Å². The van der Waals surface area contributed by atoms with E-state index in [4.69, 9.17) is 15.7 Å². The van der Waals surface area contributed by atoms with Crippen molar-refractivity contribution >= 4 is 5.84 Å². The van der Waals surface area contributed by atoms with E-state index in [1.165, 1.54) is 25.2 Å². The summed E-state index contributed by atoms with van der Waals surface area (Å²) in [7, 11) is 0.